The summed E-state index contributed by atoms with van der Waals surface area (Å²) < 4.78 is 0. The second-order valence-electron chi connectivity index (χ2n) is 2.98. The molecule has 21 nitrogen and oxygen atoms in total. The van der Waals surface area contributed by atoms with Crippen molar-refractivity contribution >= 4 is 11.9 Å². The summed E-state index contributed by atoms with van der Waals surface area (Å²) in [6, 6.07) is -2.13. The van der Waals surface area contributed by atoms with E-state index in [1.807, 2.05) is 0 Å². The summed E-state index contributed by atoms with van der Waals surface area (Å²) in [4.78, 5) is 46.5. The smallest absolute Gasteiger partial charge is 0.316 e. The number of aromatic nitrogens is 3. The SMILES string of the molecule is NNC(NN)=[NH+]N.O=[N+]([O-])[N-]c1nc(O[N+](=O)[O-])nc(O[N+](=O)[O-])n1. The molecule has 1 aromatic heterocycles. The van der Waals surface area contributed by atoms with Gasteiger partial charge in [-0.2, -0.15) is 21.8 Å². The fourth-order valence-electron chi connectivity index (χ4n) is 0.786. The molecule has 0 atom stereocenters. The van der Waals surface area contributed by atoms with E-state index in [4.69, 9.17) is 17.5 Å². The number of nitrogens with two attached hydrogens (primary N) is 3. The molecule has 0 aliphatic rings. The third-order valence-corrected chi connectivity index (χ3v) is 1.50. The van der Waals surface area contributed by atoms with Crippen LogP contribution in [0.15, 0.2) is 0 Å². The van der Waals surface area contributed by atoms with Crippen molar-refractivity contribution < 1.29 is 30.0 Å². The highest BCUT2D eigenvalue weighted by Gasteiger charge is 2.08. The molecule has 0 unspecified atom stereocenters. The first-order chi connectivity index (χ1) is 11.7. The fourth-order valence-corrected chi connectivity index (χ4v) is 0.786. The Morgan fingerprint density at radius 1 is 1.00 bits per heavy atom. The summed E-state index contributed by atoms with van der Waals surface area (Å²) in [7, 11) is 0. The number of rotatable bonds is 6. The van der Waals surface area contributed by atoms with Gasteiger partial charge in [-0.25, -0.2) is 21.0 Å². The standard InChI is InChI=1S/C3N7O8.CH8N6/c11-8(12)7-1-4-2(17-9(13)14)6-3(5-1)18-10(15)16;2-5-1(6-3)7-4/h;2-4H2,(H2,5,6,7)/q-1;/p+1. The number of hydrazone groups is 1. The van der Waals surface area contributed by atoms with Gasteiger partial charge in [-0.15, -0.1) is 20.2 Å². The summed E-state index contributed by atoms with van der Waals surface area (Å²) in [5.74, 6) is 13.8. The lowest BCUT2D eigenvalue weighted by molar-refractivity contribution is -0.716. The molecule has 1 heterocycles. The van der Waals surface area contributed by atoms with Crippen LogP contribution in [0.5, 0.6) is 12.0 Å². The molecular formula is C4H9N13O8. The van der Waals surface area contributed by atoms with Crippen LogP contribution >= 0.6 is 0 Å². The monoisotopic (exact) mass is 367 g/mol. The van der Waals surface area contributed by atoms with Crippen LogP contribution in [-0.4, -0.2) is 36.1 Å². The number of hydrogen-bond acceptors (Lipinski definition) is 14. The Morgan fingerprint density at radius 2 is 1.44 bits per heavy atom. The highest BCUT2D eigenvalue weighted by Crippen LogP contribution is 2.18. The summed E-state index contributed by atoms with van der Waals surface area (Å²) in [6.45, 7) is 0. The summed E-state index contributed by atoms with van der Waals surface area (Å²) >= 11 is 0. The van der Waals surface area contributed by atoms with E-state index in [-0.39, 0.29) is 5.96 Å². The van der Waals surface area contributed by atoms with Crippen LogP contribution in [0.3, 0.4) is 0 Å². The van der Waals surface area contributed by atoms with Crippen molar-refractivity contribution in [1.29, 1.82) is 0 Å². The van der Waals surface area contributed by atoms with Crippen LogP contribution in [-0.2, 0) is 0 Å². The maximum absolute atomic E-state index is 10.0. The minimum atomic E-state index is -1.35. The van der Waals surface area contributed by atoms with E-state index in [1.165, 1.54) is 0 Å². The number of nitrogens with zero attached hydrogens (tertiary/aromatic N) is 7. The third-order valence-electron chi connectivity index (χ3n) is 1.50. The van der Waals surface area contributed by atoms with Crippen LogP contribution in [0.4, 0.5) is 5.95 Å². The molecule has 0 spiro atoms. The molecule has 0 aliphatic carbocycles. The van der Waals surface area contributed by atoms with Gasteiger partial charge in [0.25, 0.3) is 0 Å². The fraction of sp³-hybridized carbons (Fsp3) is 0. The average molecular weight is 367 g/mol. The third kappa shape index (κ3) is 9.26. The molecule has 0 radical (unpaired) electrons. The van der Waals surface area contributed by atoms with E-state index in [0.29, 0.717) is 0 Å². The van der Waals surface area contributed by atoms with Crippen molar-refractivity contribution in [3.8, 4) is 12.0 Å². The molecule has 0 saturated heterocycles. The van der Waals surface area contributed by atoms with Gasteiger partial charge >= 0.3 is 16.1 Å². The molecule has 0 saturated carbocycles. The van der Waals surface area contributed by atoms with Crippen LogP contribution < -0.4 is 43.2 Å². The van der Waals surface area contributed by atoms with Gasteiger partial charge < -0.3 is 9.97 Å². The molecule has 138 valence electrons. The molecule has 0 aliphatic heterocycles. The summed E-state index contributed by atoms with van der Waals surface area (Å²) in [5.41, 5.74) is 6.84. The second kappa shape index (κ2) is 10.3. The van der Waals surface area contributed by atoms with Crippen molar-refractivity contribution in [2.24, 2.45) is 17.5 Å². The zero-order valence-corrected chi connectivity index (χ0v) is 11.6. The number of hydrazine groups is 3. The predicted molar refractivity (Wildman–Crippen MR) is 69.9 cm³/mol. The van der Waals surface area contributed by atoms with Gasteiger partial charge in [-0.1, -0.05) is 5.43 Å². The topological polar surface area (TPSA) is 317 Å². The second-order valence-corrected chi connectivity index (χ2v) is 2.98. The lowest BCUT2D eigenvalue weighted by Crippen LogP contribution is -2.86. The van der Waals surface area contributed by atoms with E-state index in [1.54, 1.807) is 0 Å². The van der Waals surface area contributed by atoms with Gasteiger partial charge in [0.2, 0.25) is 12.0 Å². The average Bonchev–Trinajstić information content (AvgIpc) is 2.47. The molecule has 1 rings (SSSR count). The normalized spacial score (nSPS) is 8.72. The molecule has 1 aromatic rings. The number of nitro groups is 1. The first kappa shape index (κ1) is 20.6. The molecule has 0 aromatic carbocycles. The van der Waals surface area contributed by atoms with Gasteiger partial charge in [0.05, 0.1) is 0 Å². The van der Waals surface area contributed by atoms with Gasteiger partial charge in [0.15, 0.2) is 0 Å². The molecule has 0 amide bonds. The molecule has 25 heavy (non-hydrogen) atoms. The van der Waals surface area contributed by atoms with Gasteiger partial charge in [0.1, 0.15) is 11.0 Å². The van der Waals surface area contributed by atoms with Gasteiger partial charge in [-0.3, -0.25) is 15.5 Å². The largest absolute Gasteiger partial charge is 0.398 e. The summed E-state index contributed by atoms with van der Waals surface area (Å²) in [5, 5.41) is 28.2. The Morgan fingerprint density at radius 3 is 1.68 bits per heavy atom. The maximum Gasteiger partial charge on any atom is 0.398 e. The molecule has 0 fully saturated rings. The highest BCUT2D eigenvalue weighted by molar-refractivity contribution is 5.72. The number of nitrogens with one attached hydrogen (secondary N) is 3. The lowest BCUT2D eigenvalue weighted by Gasteiger charge is -2.08. The first-order valence-corrected chi connectivity index (χ1v) is 5.25. The molecule has 9 N–H and O–H groups in total. The first-order valence-electron chi connectivity index (χ1n) is 5.25. The Hall–Kier alpha value is -4.40. The lowest BCUT2D eigenvalue weighted by atomic mass is 10.9. The van der Waals surface area contributed by atoms with Crippen LogP contribution in [0.2, 0.25) is 0 Å². The van der Waals surface area contributed by atoms with Crippen molar-refractivity contribution in [2.75, 3.05) is 0 Å². The van der Waals surface area contributed by atoms with Crippen molar-refractivity contribution in [3.05, 3.63) is 35.8 Å². The molecular weight excluding hydrogens is 358 g/mol. The highest BCUT2D eigenvalue weighted by atomic mass is 17.0. The Labute approximate surface area is 134 Å². The predicted octanol–water partition coefficient (Wildman–Crippen LogP) is -5.57. The van der Waals surface area contributed by atoms with Gasteiger partial charge in [0, 0.05) is 0 Å². The number of guanidine groups is 1. The van der Waals surface area contributed by atoms with Crippen LogP contribution in [0, 0.1) is 30.3 Å². The van der Waals surface area contributed by atoms with Crippen LogP contribution in [0.25, 0.3) is 5.43 Å². The van der Waals surface area contributed by atoms with Crippen molar-refractivity contribution in [1.82, 2.24) is 25.8 Å². The maximum atomic E-state index is 10.0. The van der Waals surface area contributed by atoms with Crippen molar-refractivity contribution in [3.63, 3.8) is 0 Å². The summed E-state index contributed by atoms with van der Waals surface area (Å²) in [6.07, 6.45) is 0. The molecule has 0 bridgehead atoms. The minimum Gasteiger partial charge on any atom is -0.316 e. The van der Waals surface area contributed by atoms with E-state index >= 15 is 0 Å². The van der Waals surface area contributed by atoms with E-state index < -0.39 is 33.2 Å². The van der Waals surface area contributed by atoms with Crippen molar-refractivity contribution in [2.45, 2.75) is 0 Å². The zero-order valence-electron chi connectivity index (χ0n) is 11.6. The zero-order chi connectivity index (χ0) is 19.4. The van der Waals surface area contributed by atoms with Crippen LogP contribution in [0.1, 0.15) is 0 Å². The van der Waals surface area contributed by atoms with E-state index in [0.717, 1.165) is 0 Å². The molecule has 21 heteroatoms. The Bertz CT molecular complexity index is 557. The minimum absolute atomic E-state index is 0.264. The Balaban J connectivity index is 0.000000697. The van der Waals surface area contributed by atoms with Gasteiger partial charge in [-0.05, 0) is 0 Å². The quantitative estimate of drug-likeness (QED) is 0.0896. The number of hydrogen-bond donors (Lipinski definition) is 6. The Kier molecular flexibility index (Phi) is 8.53. The van der Waals surface area contributed by atoms with E-state index in [9.17, 15) is 30.3 Å². The van der Waals surface area contributed by atoms with E-state index in [2.05, 4.69) is 46.0 Å².